The zero-order chi connectivity index (χ0) is 14.0. The van der Waals surface area contributed by atoms with Crippen LogP contribution < -0.4 is 4.74 Å². The van der Waals surface area contributed by atoms with Crippen molar-refractivity contribution in [1.82, 2.24) is 0 Å². The topological polar surface area (TPSA) is 26.3 Å². The summed E-state index contributed by atoms with van der Waals surface area (Å²) in [5.41, 5.74) is 3.28. The molecule has 0 aliphatic heterocycles. The lowest BCUT2D eigenvalue weighted by atomic mass is 10.1. The van der Waals surface area contributed by atoms with E-state index >= 15 is 0 Å². The van der Waals surface area contributed by atoms with Crippen LogP contribution >= 0.6 is 22.9 Å². The van der Waals surface area contributed by atoms with Crippen molar-refractivity contribution in [1.29, 1.82) is 0 Å². The van der Waals surface area contributed by atoms with Crippen LogP contribution in [0, 0.1) is 20.8 Å². The second kappa shape index (κ2) is 5.76. The Morgan fingerprint density at radius 3 is 2.47 bits per heavy atom. The largest absolute Gasteiger partial charge is 0.485 e. The van der Waals surface area contributed by atoms with Crippen molar-refractivity contribution >= 4 is 28.7 Å². The molecule has 2 nitrogen and oxygen atoms in total. The molecule has 0 amide bonds. The third-order valence-electron chi connectivity index (χ3n) is 3.07. The van der Waals surface area contributed by atoms with Gasteiger partial charge in [-0.15, -0.1) is 11.3 Å². The summed E-state index contributed by atoms with van der Waals surface area (Å²) in [6.45, 7) is 6.06. The van der Waals surface area contributed by atoms with E-state index in [9.17, 15) is 4.79 Å². The number of Topliss-reactive ketones (excluding diaryl/α,β-unsaturated/α-hetero) is 1. The van der Waals surface area contributed by atoms with E-state index in [4.69, 9.17) is 16.3 Å². The van der Waals surface area contributed by atoms with Crippen molar-refractivity contribution < 1.29 is 9.53 Å². The Morgan fingerprint density at radius 2 is 1.84 bits per heavy atom. The van der Waals surface area contributed by atoms with Gasteiger partial charge in [0, 0.05) is 0 Å². The second-order valence-electron chi connectivity index (χ2n) is 4.47. The molecule has 1 aromatic carbocycles. The van der Waals surface area contributed by atoms with E-state index < -0.39 is 0 Å². The number of rotatable bonds is 4. The number of carbonyl (C=O) groups is 1. The van der Waals surface area contributed by atoms with Crippen LogP contribution in [0.25, 0.3) is 0 Å². The first-order chi connectivity index (χ1) is 8.99. The van der Waals surface area contributed by atoms with Gasteiger partial charge in [0.05, 0.1) is 9.21 Å². The number of halogens is 1. The molecule has 0 N–H and O–H groups in total. The van der Waals surface area contributed by atoms with Crippen molar-refractivity contribution in [3.8, 4) is 5.75 Å². The molecular formula is C15H15ClO2S. The van der Waals surface area contributed by atoms with Crippen LogP contribution in [-0.2, 0) is 0 Å². The van der Waals surface area contributed by atoms with E-state index in [2.05, 4.69) is 6.07 Å². The normalized spacial score (nSPS) is 10.5. The van der Waals surface area contributed by atoms with Gasteiger partial charge in [0.1, 0.15) is 5.75 Å². The molecule has 0 saturated carbocycles. The van der Waals surface area contributed by atoms with Crippen molar-refractivity contribution in [2.45, 2.75) is 20.8 Å². The van der Waals surface area contributed by atoms with Crippen LogP contribution in [0.15, 0.2) is 24.3 Å². The van der Waals surface area contributed by atoms with E-state index in [1.165, 1.54) is 11.3 Å². The van der Waals surface area contributed by atoms with Crippen molar-refractivity contribution in [2.24, 2.45) is 0 Å². The lowest BCUT2D eigenvalue weighted by molar-refractivity contribution is 0.0924. The zero-order valence-electron chi connectivity index (χ0n) is 11.1. The lowest BCUT2D eigenvalue weighted by Crippen LogP contribution is -2.11. The minimum absolute atomic E-state index is 0.0436. The zero-order valence-corrected chi connectivity index (χ0v) is 12.7. The van der Waals surface area contributed by atoms with E-state index in [1.807, 2.05) is 26.8 Å². The highest BCUT2D eigenvalue weighted by Gasteiger charge is 2.12. The van der Waals surface area contributed by atoms with Gasteiger partial charge in [-0.2, -0.15) is 0 Å². The Balaban J connectivity index is 2.11. The molecule has 0 fully saturated rings. The Bertz CT molecular complexity index is 617. The summed E-state index contributed by atoms with van der Waals surface area (Å²) in [6.07, 6.45) is 0. The van der Waals surface area contributed by atoms with E-state index in [1.54, 1.807) is 12.1 Å². The molecule has 1 aromatic heterocycles. The predicted octanol–water partition coefficient (Wildman–Crippen LogP) is 4.59. The van der Waals surface area contributed by atoms with Gasteiger partial charge >= 0.3 is 0 Å². The summed E-state index contributed by atoms with van der Waals surface area (Å²) in [7, 11) is 0. The molecule has 0 unspecified atom stereocenters. The Kier molecular flexibility index (Phi) is 4.27. The minimum Gasteiger partial charge on any atom is -0.485 e. The van der Waals surface area contributed by atoms with Gasteiger partial charge in [-0.3, -0.25) is 4.79 Å². The SMILES string of the molecule is Cc1ccc(C)c(OCC(=O)c2ccc(Cl)s2)c1C. The Labute approximate surface area is 122 Å². The molecule has 100 valence electrons. The van der Waals surface area contributed by atoms with Gasteiger partial charge in [-0.25, -0.2) is 0 Å². The third-order valence-corrected chi connectivity index (χ3v) is 4.34. The highest BCUT2D eigenvalue weighted by atomic mass is 35.5. The molecule has 0 bridgehead atoms. The Hall–Kier alpha value is -1.32. The first-order valence-electron chi connectivity index (χ1n) is 5.97. The molecule has 0 saturated heterocycles. The number of aryl methyl sites for hydroxylation is 2. The van der Waals surface area contributed by atoms with Crippen LogP contribution in [0.4, 0.5) is 0 Å². The highest BCUT2D eigenvalue weighted by Crippen LogP contribution is 2.26. The van der Waals surface area contributed by atoms with E-state index in [0.717, 1.165) is 22.4 Å². The molecule has 0 spiro atoms. The van der Waals surface area contributed by atoms with Crippen molar-refractivity contribution in [2.75, 3.05) is 6.61 Å². The van der Waals surface area contributed by atoms with Crippen molar-refractivity contribution in [3.05, 3.63) is 50.2 Å². The van der Waals surface area contributed by atoms with Gasteiger partial charge in [-0.05, 0) is 49.6 Å². The van der Waals surface area contributed by atoms with Gasteiger partial charge in [0.2, 0.25) is 5.78 Å². The molecule has 4 heteroatoms. The fourth-order valence-corrected chi connectivity index (χ4v) is 2.79. The summed E-state index contributed by atoms with van der Waals surface area (Å²) in [6, 6.07) is 7.51. The van der Waals surface area contributed by atoms with Crippen LogP contribution in [-0.4, -0.2) is 12.4 Å². The average Bonchev–Trinajstić information content (AvgIpc) is 2.80. The predicted molar refractivity (Wildman–Crippen MR) is 79.8 cm³/mol. The number of thiophene rings is 1. The monoisotopic (exact) mass is 294 g/mol. The first kappa shape index (κ1) is 14.1. The van der Waals surface area contributed by atoms with Crippen LogP contribution in [0.5, 0.6) is 5.75 Å². The summed E-state index contributed by atoms with van der Waals surface area (Å²) in [5, 5.41) is 0. The second-order valence-corrected chi connectivity index (χ2v) is 6.18. The van der Waals surface area contributed by atoms with Crippen LogP contribution in [0.2, 0.25) is 4.34 Å². The van der Waals surface area contributed by atoms with Crippen molar-refractivity contribution in [3.63, 3.8) is 0 Å². The standard InChI is InChI=1S/C15H15ClO2S/c1-9-4-5-10(2)15(11(9)3)18-8-12(17)13-6-7-14(16)19-13/h4-7H,8H2,1-3H3. The first-order valence-corrected chi connectivity index (χ1v) is 7.16. The molecule has 2 aromatic rings. The van der Waals surface area contributed by atoms with E-state index in [0.29, 0.717) is 9.21 Å². The van der Waals surface area contributed by atoms with E-state index in [-0.39, 0.29) is 12.4 Å². The maximum absolute atomic E-state index is 12.0. The molecule has 0 aliphatic carbocycles. The van der Waals surface area contributed by atoms with Gasteiger partial charge < -0.3 is 4.74 Å². The quantitative estimate of drug-likeness (QED) is 0.771. The smallest absolute Gasteiger partial charge is 0.210 e. The average molecular weight is 295 g/mol. The summed E-state index contributed by atoms with van der Waals surface area (Å²) in [4.78, 5) is 12.6. The fraction of sp³-hybridized carbons (Fsp3) is 0.267. The molecule has 0 atom stereocenters. The number of carbonyl (C=O) groups excluding carboxylic acids is 1. The molecule has 2 rings (SSSR count). The minimum atomic E-state index is -0.0443. The number of hydrogen-bond donors (Lipinski definition) is 0. The molecule has 0 aliphatic rings. The highest BCUT2D eigenvalue weighted by molar-refractivity contribution is 7.18. The van der Waals surface area contributed by atoms with Gasteiger partial charge in [0.15, 0.2) is 6.61 Å². The maximum Gasteiger partial charge on any atom is 0.210 e. The van der Waals surface area contributed by atoms with Gasteiger partial charge in [-0.1, -0.05) is 23.7 Å². The summed E-state index contributed by atoms with van der Waals surface area (Å²) in [5.74, 6) is 0.758. The molecular weight excluding hydrogens is 280 g/mol. The number of hydrogen-bond acceptors (Lipinski definition) is 3. The maximum atomic E-state index is 12.0. The lowest BCUT2D eigenvalue weighted by Gasteiger charge is -2.13. The number of ether oxygens (including phenoxy) is 1. The molecule has 0 radical (unpaired) electrons. The molecule has 1 heterocycles. The number of benzene rings is 1. The summed E-state index contributed by atoms with van der Waals surface area (Å²) < 4.78 is 6.30. The van der Waals surface area contributed by atoms with Crippen LogP contribution in [0.1, 0.15) is 26.4 Å². The Morgan fingerprint density at radius 1 is 1.16 bits per heavy atom. The third kappa shape index (κ3) is 3.17. The van der Waals surface area contributed by atoms with Crippen LogP contribution in [0.3, 0.4) is 0 Å². The molecule has 19 heavy (non-hydrogen) atoms. The van der Waals surface area contributed by atoms with Gasteiger partial charge in [0.25, 0.3) is 0 Å². The number of ketones is 1. The fourth-order valence-electron chi connectivity index (χ4n) is 1.82. The summed E-state index contributed by atoms with van der Waals surface area (Å²) >= 11 is 7.10.